The summed E-state index contributed by atoms with van der Waals surface area (Å²) in [6, 6.07) is 0. The third kappa shape index (κ3) is 7.48. The topological polar surface area (TPSA) is 0 Å². The van der Waals surface area contributed by atoms with Gasteiger partial charge in [0.05, 0.1) is 0 Å². The van der Waals surface area contributed by atoms with Gasteiger partial charge in [-0.3, -0.25) is 0 Å². The molecule has 58 valence electrons. The molecule has 0 saturated heterocycles. The number of allylic oxidation sites excluding steroid dienone is 3. The van der Waals surface area contributed by atoms with E-state index in [2.05, 4.69) is 25.7 Å². The second-order valence-electron chi connectivity index (χ2n) is 2.50. The van der Waals surface area contributed by atoms with Crippen LogP contribution in [0, 0.1) is 0 Å². The Hall–Kier alpha value is -0.520. The average molecular weight is 138 g/mol. The van der Waals surface area contributed by atoms with Crippen molar-refractivity contribution in [3.63, 3.8) is 0 Å². The lowest BCUT2D eigenvalue weighted by Gasteiger charge is -1.93. The average Bonchev–Trinajstić information content (AvgIpc) is 1.97. The van der Waals surface area contributed by atoms with Crippen molar-refractivity contribution in [2.24, 2.45) is 0 Å². The molecule has 0 saturated carbocycles. The van der Waals surface area contributed by atoms with Crippen molar-refractivity contribution in [3.8, 4) is 0 Å². The first kappa shape index (κ1) is 9.48. The van der Waals surface area contributed by atoms with Gasteiger partial charge in [0.2, 0.25) is 0 Å². The predicted molar refractivity (Wildman–Crippen MR) is 48.1 cm³/mol. The quantitative estimate of drug-likeness (QED) is 0.388. The van der Waals surface area contributed by atoms with Gasteiger partial charge in [-0.1, -0.05) is 24.6 Å². The second kappa shape index (κ2) is 8.48. The number of unbranched alkanes of at least 4 members (excludes halogenated alkanes) is 4. The minimum absolute atomic E-state index is 1.18. The van der Waals surface area contributed by atoms with Crippen LogP contribution in [-0.4, -0.2) is 0 Å². The first-order valence-corrected chi connectivity index (χ1v) is 4.14. The van der Waals surface area contributed by atoms with E-state index in [-0.39, 0.29) is 0 Å². The number of hydrogen-bond acceptors (Lipinski definition) is 0. The molecule has 0 heterocycles. The predicted octanol–water partition coefficient (Wildman–Crippen LogP) is 3.70. The van der Waals surface area contributed by atoms with Crippen molar-refractivity contribution in [1.82, 2.24) is 0 Å². The Bertz CT molecular complexity index is 90.2. The van der Waals surface area contributed by atoms with E-state index in [9.17, 15) is 0 Å². The van der Waals surface area contributed by atoms with Crippen molar-refractivity contribution in [2.45, 2.75) is 39.0 Å². The van der Waals surface area contributed by atoms with Gasteiger partial charge in [0.15, 0.2) is 0 Å². The highest BCUT2D eigenvalue weighted by Crippen LogP contribution is 2.03. The van der Waals surface area contributed by atoms with Crippen LogP contribution >= 0.6 is 0 Å². The summed E-state index contributed by atoms with van der Waals surface area (Å²) in [7, 11) is 0. The van der Waals surface area contributed by atoms with Gasteiger partial charge in [0.1, 0.15) is 0 Å². The highest BCUT2D eigenvalue weighted by atomic mass is 13.9. The summed E-state index contributed by atoms with van der Waals surface area (Å²) in [4.78, 5) is 0. The summed E-state index contributed by atoms with van der Waals surface area (Å²) in [5.41, 5.74) is 0. The van der Waals surface area contributed by atoms with E-state index in [4.69, 9.17) is 0 Å². The molecule has 0 unspecified atom stereocenters. The van der Waals surface area contributed by atoms with Crippen molar-refractivity contribution in [3.05, 3.63) is 24.8 Å². The van der Waals surface area contributed by atoms with Gasteiger partial charge in [-0.05, 0) is 32.6 Å². The summed E-state index contributed by atoms with van der Waals surface area (Å²) in [5, 5.41) is 0. The van der Waals surface area contributed by atoms with Crippen LogP contribution in [-0.2, 0) is 0 Å². The van der Waals surface area contributed by atoms with Gasteiger partial charge in [0.25, 0.3) is 0 Å². The second-order valence-corrected chi connectivity index (χ2v) is 2.50. The van der Waals surface area contributed by atoms with Gasteiger partial charge in [-0.15, -0.1) is 6.58 Å². The molecule has 0 atom stereocenters. The van der Waals surface area contributed by atoms with Crippen LogP contribution in [0.15, 0.2) is 24.8 Å². The summed E-state index contributed by atoms with van der Waals surface area (Å²) in [5.74, 6) is 0. The van der Waals surface area contributed by atoms with Gasteiger partial charge in [-0.2, -0.15) is 0 Å². The van der Waals surface area contributed by atoms with Crippen molar-refractivity contribution >= 4 is 0 Å². The zero-order valence-electron chi connectivity index (χ0n) is 6.97. The fourth-order valence-corrected chi connectivity index (χ4v) is 0.894. The lowest BCUT2D eigenvalue weighted by Crippen LogP contribution is -1.73. The van der Waals surface area contributed by atoms with E-state index < -0.39 is 0 Å². The zero-order valence-corrected chi connectivity index (χ0v) is 6.97. The Morgan fingerprint density at radius 1 is 1.10 bits per heavy atom. The minimum Gasteiger partial charge on any atom is -0.103 e. The molecule has 0 heteroatoms. The first-order valence-electron chi connectivity index (χ1n) is 4.14. The van der Waals surface area contributed by atoms with Crippen LogP contribution in [0.4, 0.5) is 0 Å². The summed E-state index contributed by atoms with van der Waals surface area (Å²) in [6.07, 6.45) is 12.7. The molecule has 0 fully saturated rings. The van der Waals surface area contributed by atoms with Crippen molar-refractivity contribution in [1.29, 1.82) is 0 Å². The fourth-order valence-electron chi connectivity index (χ4n) is 0.894. The molecule has 0 radical (unpaired) electrons. The molecule has 10 heavy (non-hydrogen) atoms. The van der Waals surface area contributed by atoms with Crippen LogP contribution in [0.25, 0.3) is 0 Å². The molecule has 0 amide bonds. The molecule has 0 aromatic heterocycles. The first-order chi connectivity index (χ1) is 4.91. The van der Waals surface area contributed by atoms with Gasteiger partial charge >= 0.3 is 0 Å². The lowest BCUT2D eigenvalue weighted by molar-refractivity contribution is 0.696. The summed E-state index contributed by atoms with van der Waals surface area (Å²) >= 11 is 0. The van der Waals surface area contributed by atoms with E-state index in [0.29, 0.717) is 0 Å². The molecular weight excluding hydrogens is 120 g/mol. The molecule has 0 aliphatic carbocycles. The fraction of sp³-hybridized carbons (Fsp3) is 0.600. The Morgan fingerprint density at radius 3 is 2.40 bits per heavy atom. The molecule has 0 N–H and O–H groups in total. The van der Waals surface area contributed by atoms with E-state index in [1.807, 2.05) is 6.08 Å². The van der Waals surface area contributed by atoms with Gasteiger partial charge in [-0.25, -0.2) is 0 Å². The standard InChI is InChI=1S/C10H18/c1-3-5-7-9-10-8-6-4-2/h3-4,6H,1,5,7-10H2,2H3/b6-4-. The Balaban J connectivity index is 2.83. The monoisotopic (exact) mass is 138 g/mol. The maximum absolute atomic E-state index is 3.68. The molecule has 0 aliphatic rings. The van der Waals surface area contributed by atoms with Crippen molar-refractivity contribution < 1.29 is 0 Å². The van der Waals surface area contributed by atoms with Gasteiger partial charge in [0, 0.05) is 0 Å². The molecule has 0 nitrogen and oxygen atoms in total. The van der Waals surface area contributed by atoms with Crippen LogP contribution in [0.5, 0.6) is 0 Å². The van der Waals surface area contributed by atoms with E-state index in [0.717, 1.165) is 0 Å². The molecule has 0 aliphatic heterocycles. The Labute approximate surface area is 64.6 Å². The molecule has 0 aromatic rings. The molecule has 0 bridgehead atoms. The maximum atomic E-state index is 3.68. The summed E-state index contributed by atoms with van der Waals surface area (Å²) < 4.78 is 0. The van der Waals surface area contributed by atoms with E-state index >= 15 is 0 Å². The SMILES string of the molecule is C=CCCCCC/C=C\C. The molecule has 0 rings (SSSR count). The highest BCUT2D eigenvalue weighted by Gasteiger charge is 1.83. The smallest absolute Gasteiger partial charge is 0.0351 e. The van der Waals surface area contributed by atoms with Gasteiger partial charge < -0.3 is 0 Å². The van der Waals surface area contributed by atoms with Crippen LogP contribution in [0.2, 0.25) is 0 Å². The van der Waals surface area contributed by atoms with E-state index in [1.54, 1.807) is 0 Å². The molecule has 0 spiro atoms. The van der Waals surface area contributed by atoms with Crippen LogP contribution in [0.3, 0.4) is 0 Å². The third-order valence-electron chi connectivity index (χ3n) is 1.51. The Kier molecular flexibility index (Phi) is 8.04. The Morgan fingerprint density at radius 2 is 1.80 bits per heavy atom. The molecule has 0 aromatic carbocycles. The number of hydrogen-bond donors (Lipinski definition) is 0. The van der Waals surface area contributed by atoms with E-state index in [1.165, 1.54) is 32.1 Å². The van der Waals surface area contributed by atoms with Crippen molar-refractivity contribution in [2.75, 3.05) is 0 Å². The maximum Gasteiger partial charge on any atom is -0.0351 e. The summed E-state index contributed by atoms with van der Waals surface area (Å²) in [6.45, 7) is 5.75. The minimum atomic E-state index is 1.18. The zero-order chi connectivity index (χ0) is 7.66. The third-order valence-corrected chi connectivity index (χ3v) is 1.51. The molecular formula is C10H18. The normalized spacial score (nSPS) is 10.5. The van der Waals surface area contributed by atoms with Crippen LogP contribution in [0.1, 0.15) is 39.0 Å². The largest absolute Gasteiger partial charge is 0.103 e. The lowest BCUT2D eigenvalue weighted by atomic mass is 10.1. The highest BCUT2D eigenvalue weighted by molar-refractivity contribution is 4.76. The number of rotatable bonds is 6. The van der Waals surface area contributed by atoms with Crippen LogP contribution < -0.4 is 0 Å².